The first-order valence-electron chi connectivity index (χ1n) is 3.13. The Balaban J connectivity index is 3.26. The van der Waals surface area contributed by atoms with Crippen LogP contribution in [0.5, 0.6) is 0 Å². The highest BCUT2D eigenvalue weighted by atomic mass is 14.6. The third kappa shape index (κ3) is 5.31. The van der Waals surface area contributed by atoms with E-state index < -0.39 is 0 Å². The lowest BCUT2D eigenvalue weighted by Crippen LogP contribution is -2.17. The van der Waals surface area contributed by atoms with Crippen molar-refractivity contribution in [3.63, 3.8) is 0 Å². The fourth-order valence-electron chi connectivity index (χ4n) is 0.588. The Hall–Kier alpha value is -0.560. The predicted molar refractivity (Wildman–Crippen MR) is 40.0 cm³/mol. The van der Waals surface area contributed by atoms with Gasteiger partial charge in [-0.15, -0.1) is 5.73 Å². The highest BCUT2D eigenvalue weighted by molar-refractivity contribution is 4.87. The van der Waals surface area contributed by atoms with Gasteiger partial charge in [-0.2, -0.15) is 0 Å². The molecule has 0 aliphatic carbocycles. The monoisotopic (exact) mass is 126 g/mol. The summed E-state index contributed by atoms with van der Waals surface area (Å²) in [5.74, 6) is 0. The molecule has 1 atom stereocenters. The van der Waals surface area contributed by atoms with Crippen LogP contribution in [0.15, 0.2) is 18.4 Å². The second-order valence-electron chi connectivity index (χ2n) is 1.97. The van der Waals surface area contributed by atoms with Crippen LogP contribution in [0, 0.1) is 0 Å². The Morgan fingerprint density at radius 3 is 2.78 bits per heavy atom. The fraction of sp³-hybridized carbons (Fsp3) is 0.571. The zero-order chi connectivity index (χ0) is 7.11. The van der Waals surface area contributed by atoms with Crippen molar-refractivity contribution >= 4 is 0 Å². The van der Waals surface area contributed by atoms with Gasteiger partial charge in [-0.3, -0.25) is 0 Å². The van der Waals surface area contributed by atoms with Gasteiger partial charge in [0.15, 0.2) is 0 Å². The molecule has 0 aromatic heterocycles. The van der Waals surface area contributed by atoms with Crippen molar-refractivity contribution < 1.29 is 0 Å². The minimum absolute atomic E-state index is 0.0889. The Labute approximate surface area is 56.2 Å². The van der Waals surface area contributed by atoms with E-state index in [2.05, 4.69) is 12.3 Å². The lowest BCUT2D eigenvalue weighted by molar-refractivity contribution is 0.675. The van der Waals surface area contributed by atoms with Crippen LogP contribution in [0.25, 0.3) is 0 Å². The number of hydrogen-bond acceptors (Lipinski definition) is 2. The summed E-state index contributed by atoms with van der Waals surface area (Å²) in [6, 6.07) is 0.0889. The van der Waals surface area contributed by atoms with Crippen LogP contribution in [0.2, 0.25) is 0 Å². The topological polar surface area (TPSA) is 52.0 Å². The molecule has 0 saturated heterocycles. The average molecular weight is 126 g/mol. The first kappa shape index (κ1) is 8.44. The molecule has 0 aliphatic heterocycles. The largest absolute Gasteiger partial charge is 0.330 e. The average Bonchev–Trinajstić information content (AvgIpc) is 1.85. The van der Waals surface area contributed by atoms with Crippen LogP contribution in [0.1, 0.15) is 12.8 Å². The first-order chi connectivity index (χ1) is 4.31. The van der Waals surface area contributed by atoms with E-state index >= 15 is 0 Å². The van der Waals surface area contributed by atoms with Crippen molar-refractivity contribution in [2.24, 2.45) is 11.5 Å². The van der Waals surface area contributed by atoms with Gasteiger partial charge in [0, 0.05) is 6.04 Å². The molecule has 0 heterocycles. The maximum absolute atomic E-state index is 5.56. The molecule has 0 amide bonds. The quantitative estimate of drug-likeness (QED) is 0.535. The third-order valence-electron chi connectivity index (χ3n) is 1.07. The normalized spacial score (nSPS) is 12.2. The lowest BCUT2D eigenvalue weighted by atomic mass is 10.2. The Morgan fingerprint density at radius 1 is 1.67 bits per heavy atom. The van der Waals surface area contributed by atoms with E-state index in [1.165, 1.54) is 0 Å². The third-order valence-corrected chi connectivity index (χ3v) is 1.07. The molecular formula is C7H14N2. The second-order valence-corrected chi connectivity index (χ2v) is 1.97. The van der Waals surface area contributed by atoms with Gasteiger partial charge in [-0.1, -0.05) is 6.58 Å². The molecule has 0 radical (unpaired) electrons. The number of nitrogens with two attached hydrogens (primary N) is 2. The fourth-order valence-corrected chi connectivity index (χ4v) is 0.588. The summed E-state index contributed by atoms with van der Waals surface area (Å²) >= 11 is 0. The van der Waals surface area contributed by atoms with Crippen LogP contribution in [0.4, 0.5) is 0 Å². The molecule has 0 spiro atoms. The van der Waals surface area contributed by atoms with Gasteiger partial charge in [-0.05, 0) is 25.5 Å². The van der Waals surface area contributed by atoms with Crippen molar-refractivity contribution in [2.45, 2.75) is 18.9 Å². The number of hydrogen-bond donors (Lipinski definition) is 2. The minimum Gasteiger partial charge on any atom is -0.330 e. The van der Waals surface area contributed by atoms with Crippen LogP contribution >= 0.6 is 0 Å². The Bertz CT molecular complexity index is 103. The van der Waals surface area contributed by atoms with E-state index in [9.17, 15) is 0 Å². The molecule has 0 aromatic carbocycles. The predicted octanol–water partition coefficient (Wildman–Crippen LogP) is 0.394. The zero-order valence-electron chi connectivity index (χ0n) is 5.64. The molecule has 0 bridgehead atoms. The Kier molecular flexibility index (Phi) is 5.23. The molecule has 9 heavy (non-hydrogen) atoms. The van der Waals surface area contributed by atoms with Crippen molar-refractivity contribution in [3.05, 3.63) is 18.4 Å². The maximum Gasteiger partial charge on any atom is 0.0299 e. The summed E-state index contributed by atoms with van der Waals surface area (Å²) in [5.41, 5.74) is 13.5. The van der Waals surface area contributed by atoms with E-state index in [1.54, 1.807) is 6.08 Å². The molecule has 4 N–H and O–H groups in total. The van der Waals surface area contributed by atoms with Crippen molar-refractivity contribution in [2.75, 3.05) is 6.54 Å². The second kappa shape index (κ2) is 5.57. The van der Waals surface area contributed by atoms with Gasteiger partial charge in [-0.25, -0.2) is 0 Å². The van der Waals surface area contributed by atoms with Crippen molar-refractivity contribution in [1.29, 1.82) is 0 Å². The highest BCUT2D eigenvalue weighted by Gasteiger charge is 1.93. The van der Waals surface area contributed by atoms with Crippen LogP contribution in [-0.4, -0.2) is 12.6 Å². The summed E-state index contributed by atoms with van der Waals surface area (Å²) in [4.78, 5) is 0. The zero-order valence-corrected chi connectivity index (χ0v) is 5.64. The standard InChI is InChI=1S/C7H14N2/c1-2-4-7(9)5-3-6-8/h4,7H,1,3,5-6,8-9H2. The van der Waals surface area contributed by atoms with E-state index in [4.69, 9.17) is 11.5 Å². The molecule has 2 nitrogen and oxygen atoms in total. The first-order valence-corrected chi connectivity index (χ1v) is 3.13. The van der Waals surface area contributed by atoms with Gasteiger partial charge in [0.1, 0.15) is 0 Å². The molecule has 0 aromatic rings. The van der Waals surface area contributed by atoms with Gasteiger partial charge in [0.05, 0.1) is 0 Å². The molecule has 52 valence electrons. The van der Waals surface area contributed by atoms with Gasteiger partial charge in [0.25, 0.3) is 0 Å². The summed E-state index contributed by atoms with van der Waals surface area (Å²) < 4.78 is 0. The summed E-state index contributed by atoms with van der Waals surface area (Å²) in [6.07, 6.45) is 3.66. The molecule has 0 fully saturated rings. The van der Waals surface area contributed by atoms with Gasteiger partial charge in [0.2, 0.25) is 0 Å². The molecule has 1 unspecified atom stereocenters. The Morgan fingerprint density at radius 2 is 2.33 bits per heavy atom. The smallest absolute Gasteiger partial charge is 0.0299 e. The van der Waals surface area contributed by atoms with Crippen LogP contribution in [-0.2, 0) is 0 Å². The molecule has 0 rings (SSSR count). The van der Waals surface area contributed by atoms with Crippen LogP contribution in [0.3, 0.4) is 0 Å². The molecule has 0 saturated carbocycles. The van der Waals surface area contributed by atoms with Gasteiger partial charge < -0.3 is 11.5 Å². The van der Waals surface area contributed by atoms with E-state index in [0.29, 0.717) is 6.54 Å². The molecular weight excluding hydrogens is 112 g/mol. The summed E-state index contributed by atoms with van der Waals surface area (Å²) in [7, 11) is 0. The van der Waals surface area contributed by atoms with Crippen LogP contribution < -0.4 is 11.5 Å². The SMILES string of the molecule is C=C=CC(N)CCCN. The molecule has 2 heteroatoms. The van der Waals surface area contributed by atoms with E-state index in [1.807, 2.05) is 0 Å². The van der Waals surface area contributed by atoms with Crippen molar-refractivity contribution in [3.8, 4) is 0 Å². The summed E-state index contributed by atoms with van der Waals surface area (Å²) in [5, 5.41) is 0. The van der Waals surface area contributed by atoms with E-state index in [0.717, 1.165) is 12.8 Å². The van der Waals surface area contributed by atoms with E-state index in [-0.39, 0.29) is 6.04 Å². The minimum atomic E-state index is 0.0889. The van der Waals surface area contributed by atoms with Crippen molar-refractivity contribution in [1.82, 2.24) is 0 Å². The number of rotatable bonds is 4. The molecule has 0 aliphatic rings. The van der Waals surface area contributed by atoms with Gasteiger partial charge >= 0.3 is 0 Å². The highest BCUT2D eigenvalue weighted by Crippen LogP contribution is 1.91. The summed E-state index contributed by atoms with van der Waals surface area (Å²) in [6.45, 7) is 4.12. The maximum atomic E-state index is 5.56. The lowest BCUT2D eigenvalue weighted by Gasteiger charge is -2.01.